The largest absolute Gasteiger partial charge is 0.480 e. The number of carboxylic acid groups (broad SMARTS) is 1. The SMILES string of the molecule is CC(C)CO.CCC(C)C.CCC1OCC(=O)O1.CC[C@@H]1OCC(=O)O1.CC[C@@H]1OCC(OC(C)=O)O1.Nc1nc(N)c2ncn([C@H]3CO[C@@H](CO)O3)c2n1.O=C(O)CO. The van der Waals surface area contributed by atoms with Crippen LogP contribution in [-0.2, 0) is 61.8 Å². The molecule has 0 bridgehead atoms. The van der Waals surface area contributed by atoms with Crippen LogP contribution in [-0.4, -0.2) is 142 Å². The molecule has 0 spiro atoms. The number of cyclic esters (lactones) is 2. The first kappa shape index (κ1) is 55.7. The van der Waals surface area contributed by atoms with E-state index in [9.17, 15) is 14.4 Å². The van der Waals surface area contributed by atoms with Crippen LogP contribution in [0.1, 0.15) is 94.2 Å². The van der Waals surface area contributed by atoms with Gasteiger partial charge in [-0.15, -0.1) is 0 Å². The summed E-state index contributed by atoms with van der Waals surface area (Å²) in [6, 6.07) is 0. The molecular weight excluding hydrogens is 800 g/mol. The summed E-state index contributed by atoms with van der Waals surface area (Å²) in [6.45, 7) is 17.9. The molecule has 4 fully saturated rings. The molecule has 4 aliphatic heterocycles. The van der Waals surface area contributed by atoms with Crippen LogP contribution in [0.5, 0.6) is 0 Å². The standard InChI is InChI=1S/C9H12N6O3.C7H12O4.2C5H8O3.C5H12.C4H10O.C2H4O3/c10-7-6-8(14-9(11)13-7)15(3-12-6)4-2-17-5(1-16)18-4;1-3-6-9-4-7(11-6)10-5(2)8;2*1-2-5-7-3-4(6)8-5;1-4-5(2)3;1-4(2)3-5;3-1-2(4)5/h3-5,16H,1-2H2,(H4,10,11,13,14);6-7H,3-4H2,1-2H3;2*5H,2-3H2,1H3;5H,4H2,1-3H3;4-5H,3H2,1-2H3;3H,1H2,(H,4,5)/t4-,5-;6-,7?;5-;;;;/m111..../s1. The van der Waals surface area contributed by atoms with E-state index in [1.54, 1.807) is 4.57 Å². The number of carbonyl (C=O) groups excluding carboxylic acids is 3. The molecule has 2 aromatic rings. The minimum absolute atomic E-state index is 0.0689. The van der Waals surface area contributed by atoms with Crippen molar-refractivity contribution in [2.24, 2.45) is 11.8 Å². The summed E-state index contributed by atoms with van der Waals surface area (Å²) in [6.07, 6.45) is 2.78. The van der Waals surface area contributed by atoms with Crippen LogP contribution >= 0.6 is 0 Å². The van der Waals surface area contributed by atoms with Gasteiger partial charge in [-0.1, -0.05) is 61.8 Å². The summed E-state index contributed by atoms with van der Waals surface area (Å²) in [4.78, 5) is 52.1. The van der Waals surface area contributed by atoms with Crippen molar-refractivity contribution in [1.29, 1.82) is 0 Å². The molecule has 4 saturated heterocycles. The molecular formula is C37H66N6O17. The Kier molecular flexibility index (Phi) is 29.3. The minimum Gasteiger partial charge on any atom is -0.480 e. The van der Waals surface area contributed by atoms with E-state index in [1.807, 2.05) is 34.6 Å². The van der Waals surface area contributed by atoms with Crippen LogP contribution in [0, 0.1) is 11.8 Å². The van der Waals surface area contributed by atoms with E-state index in [4.69, 9.17) is 69.8 Å². The number of aliphatic carboxylic acids is 1. The van der Waals surface area contributed by atoms with Crippen molar-refractivity contribution in [2.45, 2.75) is 126 Å². The predicted octanol–water partition coefficient (Wildman–Crippen LogP) is 1.86. The zero-order chi connectivity index (χ0) is 45.8. The maximum Gasteiger partial charge on any atom is 0.334 e. The number of aliphatic hydroxyl groups is 3. The zero-order valence-corrected chi connectivity index (χ0v) is 36.0. The number of nitrogens with two attached hydrogens (primary N) is 2. The van der Waals surface area contributed by atoms with Crippen LogP contribution in [0.4, 0.5) is 11.8 Å². The Labute approximate surface area is 349 Å². The molecule has 0 aliphatic carbocycles. The molecule has 2 unspecified atom stereocenters. The van der Waals surface area contributed by atoms with Gasteiger partial charge in [-0.05, 0) is 18.3 Å². The van der Waals surface area contributed by atoms with Crippen LogP contribution in [0.3, 0.4) is 0 Å². The number of aliphatic hydroxyl groups excluding tert-OH is 3. The van der Waals surface area contributed by atoms with Crippen molar-refractivity contribution in [3.63, 3.8) is 0 Å². The van der Waals surface area contributed by atoms with E-state index in [-0.39, 0.29) is 68.4 Å². The van der Waals surface area contributed by atoms with Gasteiger partial charge in [0, 0.05) is 26.4 Å². The lowest BCUT2D eigenvalue weighted by atomic mass is 10.2. The number of hydrogen-bond acceptors (Lipinski definition) is 21. The molecule has 4 aliphatic rings. The fraction of sp³-hybridized carbons (Fsp3) is 0.757. The van der Waals surface area contributed by atoms with Crippen LogP contribution in [0.15, 0.2) is 6.33 Å². The third kappa shape index (κ3) is 24.1. The highest BCUT2D eigenvalue weighted by atomic mass is 16.8. The second-order valence-electron chi connectivity index (χ2n) is 13.4. The molecule has 0 radical (unpaired) electrons. The normalized spacial score (nSPS) is 22.4. The highest BCUT2D eigenvalue weighted by Crippen LogP contribution is 2.26. The lowest BCUT2D eigenvalue weighted by molar-refractivity contribution is -0.173. The first-order valence-corrected chi connectivity index (χ1v) is 19.5. The van der Waals surface area contributed by atoms with Crippen LogP contribution < -0.4 is 11.5 Å². The lowest BCUT2D eigenvalue weighted by Gasteiger charge is -2.11. The number of imidazole rings is 1. The van der Waals surface area contributed by atoms with Gasteiger partial charge in [0.15, 0.2) is 30.3 Å². The van der Waals surface area contributed by atoms with E-state index in [1.165, 1.54) is 19.7 Å². The Morgan fingerprint density at radius 1 is 0.817 bits per heavy atom. The van der Waals surface area contributed by atoms with Crippen molar-refractivity contribution >= 4 is 46.8 Å². The highest BCUT2D eigenvalue weighted by molar-refractivity contribution is 5.82. The number of anilines is 2. The van der Waals surface area contributed by atoms with Crippen molar-refractivity contribution in [3.05, 3.63) is 6.33 Å². The zero-order valence-electron chi connectivity index (χ0n) is 36.0. The van der Waals surface area contributed by atoms with Gasteiger partial charge >= 0.3 is 23.9 Å². The maximum absolute atomic E-state index is 10.4. The number of nitrogens with zero attached hydrogens (tertiary/aromatic N) is 4. The fourth-order valence-corrected chi connectivity index (χ4v) is 3.90. The summed E-state index contributed by atoms with van der Waals surface area (Å²) in [5.41, 5.74) is 12.2. The van der Waals surface area contributed by atoms with E-state index in [2.05, 4.69) is 45.2 Å². The Balaban J connectivity index is 0.000000724. The fourth-order valence-electron chi connectivity index (χ4n) is 3.90. The Bertz CT molecular complexity index is 1480. The predicted molar refractivity (Wildman–Crippen MR) is 212 cm³/mol. The molecule has 8 N–H and O–H groups in total. The number of fused-ring (bicyclic) bond motifs is 1. The third-order valence-corrected chi connectivity index (χ3v) is 7.29. The molecule has 6 rings (SSSR count). The molecule has 23 nitrogen and oxygen atoms in total. The van der Waals surface area contributed by atoms with E-state index in [0.29, 0.717) is 36.9 Å². The molecule has 6 atom stereocenters. The highest BCUT2D eigenvalue weighted by Gasteiger charge is 2.29. The molecule has 0 amide bonds. The molecule has 60 heavy (non-hydrogen) atoms. The Morgan fingerprint density at radius 3 is 1.65 bits per heavy atom. The lowest BCUT2D eigenvalue weighted by Crippen LogP contribution is -2.18. The molecule has 2 aromatic heterocycles. The van der Waals surface area contributed by atoms with Gasteiger partial charge in [0.25, 0.3) is 0 Å². The van der Waals surface area contributed by atoms with Gasteiger partial charge in [0.2, 0.25) is 24.8 Å². The average Bonchev–Trinajstić information content (AvgIpc) is 4.07. The first-order valence-electron chi connectivity index (χ1n) is 19.5. The van der Waals surface area contributed by atoms with E-state index in [0.717, 1.165) is 25.2 Å². The summed E-state index contributed by atoms with van der Waals surface area (Å²) in [5, 5.41) is 32.1. The molecule has 0 saturated carbocycles. The maximum atomic E-state index is 10.4. The summed E-state index contributed by atoms with van der Waals surface area (Å²) in [7, 11) is 0. The van der Waals surface area contributed by atoms with Gasteiger partial charge in [-0.25, -0.2) is 19.4 Å². The van der Waals surface area contributed by atoms with Gasteiger partial charge in [-0.2, -0.15) is 9.97 Å². The first-order chi connectivity index (χ1) is 28.4. The number of hydrogen-bond donors (Lipinski definition) is 6. The smallest absolute Gasteiger partial charge is 0.334 e. The number of aromatic nitrogens is 4. The summed E-state index contributed by atoms with van der Waals surface area (Å²) in [5.74, 6) is -0.424. The third-order valence-electron chi connectivity index (χ3n) is 7.29. The molecule has 346 valence electrons. The second kappa shape index (κ2) is 31.5. The number of nitrogen functional groups attached to an aromatic ring is 2. The van der Waals surface area contributed by atoms with Crippen molar-refractivity contribution in [2.75, 3.05) is 57.7 Å². The van der Waals surface area contributed by atoms with Crippen molar-refractivity contribution in [1.82, 2.24) is 19.5 Å². The average molecular weight is 867 g/mol. The van der Waals surface area contributed by atoms with E-state index < -0.39 is 31.4 Å². The van der Waals surface area contributed by atoms with Gasteiger partial charge in [-0.3, -0.25) is 9.36 Å². The molecule has 23 heteroatoms. The number of carboxylic acids is 1. The minimum atomic E-state index is -1.19. The Hall–Kier alpha value is -4.33. The Morgan fingerprint density at radius 2 is 1.32 bits per heavy atom. The van der Waals surface area contributed by atoms with E-state index >= 15 is 0 Å². The quantitative estimate of drug-likeness (QED) is 0.155. The number of ether oxygens (including phenoxy) is 9. The molecule has 0 aromatic carbocycles. The van der Waals surface area contributed by atoms with Crippen molar-refractivity contribution in [3.8, 4) is 0 Å². The summed E-state index contributed by atoms with van der Waals surface area (Å²) < 4.78 is 46.3. The number of esters is 3. The second-order valence-corrected chi connectivity index (χ2v) is 13.4. The van der Waals surface area contributed by atoms with Crippen LogP contribution in [0.2, 0.25) is 0 Å². The number of carbonyl (C=O) groups is 4. The van der Waals surface area contributed by atoms with Crippen LogP contribution in [0.25, 0.3) is 11.2 Å². The van der Waals surface area contributed by atoms with Gasteiger partial charge < -0.3 is 74.5 Å². The number of rotatable bonds is 9. The van der Waals surface area contributed by atoms with Gasteiger partial charge in [0.1, 0.15) is 31.9 Å². The monoisotopic (exact) mass is 866 g/mol. The van der Waals surface area contributed by atoms with Crippen molar-refractivity contribution < 1.29 is 82.2 Å². The topological polar surface area (TPSA) is 328 Å². The summed E-state index contributed by atoms with van der Waals surface area (Å²) >= 11 is 0. The molecule has 6 heterocycles. The van der Waals surface area contributed by atoms with Gasteiger partial charge in [0.05, 0.1) is 19.5 Å².